The Labute approximate surface area is 319 Å². The van der Waals surface area contributed by atoms with E-state index in [-0.39, 0.29) is 39.2 Å². The minimum absolute atomic E-state index is 0.139. The summed E-state index contributed by atoms with van der Waals surface area (Å²) < 4.78 is -0.156. The SMILES string of the molecule is CCC(C)(C(=O)N1CCCC2(c3nc4ccc(C#Cc5ccc(-c6cnc(C7(C)CC(C)CN7C(=O)C(C)(C)C(C)C)[nH]6)cc5)cc4[nH]3)SC12)C(C)C. The summed E-state index contributed by atoms with van der Waals surface area (Å²) in [6, 6.07) is 14.4. The number of aromatic amines is 2. The lowest BCUT2D eigenvalue weighted by atomic mass is 9.75. The summed E-state index contributed by atoms with van der Waals surface area (Å²) in [5.74, 6) is 9.88. The summed E-state index contributed by atoms with van der Waals surface area (Å²) >= 11 is 1.87. The molecule has 4 aromatic rings. The number of carbonyl (C=O) groups excluding carboxylic acids is 2. The molecule has 53 heavy (non-hydrogen) atoms. The molecule has 0 aliphatic carbocycles. The van der Waals surface area contributed by atoms with Gasteiger partial charge in [0.2, 0.25) is 11.8 Å². The lowest BCUT2D eigenvalue weighted by molar-refractivity contribution is -0.147. The van der Waals surface area contributed by atoms with Crippen molar-refractivity contribution in [1.29, 1.82) is 0 Å². The third-order valence-corrected chi connectivity index (χ3v) is 14.9. The molecule has 0 radical (unpaired) electrons. The largest absolute Gasteiger partial charge is 0.341 e. The van der Waals surface area contributed by atoms with Crippen molar-refractivity contribution in [2.75, 3.05) is 13.1 Å². The molecule has 2 N–H and O–H groups in total. The molecule has 3 fully saturated rings. The predicted octanol–water partition coefficient (Wildman–Crippen LogP) is 9.08. The third kappa shape index (κ3) is 6.29. The number of H-pyrrole nitrogens is 2. The molecule has 0 saturated carbocycles. The van der Waals surface area contributed by atoms with Crippen LogP contribution in [0.1, 0.15) is 118 Å². The van der Waals surface area contributed by atoms with Gasteiger partial charge in [0, 0.05) is 35.0 Å². The van der Waals surface area contributed by atoms with E-state index >= 15 is 0 Å². The number of hydrogen-bond donors (Lipinski definition) is 2. The molecule has 9 heteroatoms. The summed E-state index contributed by atoms with van der Waals surface area (Å²) in [7, 11) is 0. The van der Waals surface area contributed by atoms with Gasteiger partial charge in [-0.15, -0.1) is 11.8 Å². The number of benzene rings is 2. The van der Waals surface area contributed by atoms with Gasteiger partial charge in [0.05, 0.1) is 28.5 Å². The highest BCUT2D eigenvalue weighted by Crippen LogP contribution is 2.67. The van der Waals surface area contributed by atoms with Crippen molar-refractivity contribution < 1.29 is 9.59 Å². The summed E-state index contributed by atoms with van der Waals surface area (Å²) in [6.07, 6.45) is 5.60. The van der Waals surface area contributed by atoms with Crippen LogP contribution in [0.2, 0.25) is 0 Å². The van der Waals surface area contributed by atoms with E-state index in [1.807, 2.05) is 42.2 Å². The molecule has 7 rings (SSSR count). The van der Waals surface area contributed by atoms with E-state index in [1.165, 1.54) is 0 Å². The second kappa shape index (κ2) is 13.4. The highest BCUT2D eigenvalue weighted by molar-refractivity contribution is 8.08. The van der Waals surface area contributed by atoms with Crippen LogP contribution in [0.4, 0.5) is 0 Å². The highest BCUT2D eigenvalue weighted by Gasteiger charge is 2.65. The van der Waals surface area contributed by atoms with Crippen LogP contribution in [0.15, 0.2) is 48.7 Å². The molecule has 5 unspecified atom stereocenters. The van der Waals surface area contributed by atoms with E-state index in [0.717, 1.165) is 83.8 Å². The summed E-state index contributed by atoms with van der Waals surface area (Å²) in [5, 5.41) is 0.139. The second-order valence-electron chi connectivity index (χ2n) is 17.6. The molecule has 5 atom stereocenters. The average Bonchev–Trinajstić information content (AvgIpc) is 3.40. The van der Waals surface area contributed by atoms with E-state index in [1.54, 1.807) is 0 Å². The van der Waals surface area contributed by atoms with E-state index in [4.69, 9.17) is 9.97 Å². The minimum atomic E-state index is -0.484. The number of fused-ring (bicyclic) bond motifs is 2. The van der Waals surface area contributed by atoms with Crippen LogP contribution in [0.25, 0.3) is 22.3 Å². The fourth-order valence-corrected chi connectivity index (χ4v) is 9.81. The number of imidazole rings is 2. The van der Waals surface area contributed by atoms with Gasteiger partial charge in [-0.25, -0.2) is 9.97 Å². The first-order valence-corrected chi connectivity index (χ1v) is 20.4. The van der Waals surface area contributed by atoms with Gasteiger partial charge >= 0.3 is 0 Å². The maximum absolute atomic E-state index is 13.8. The second-order valence-corrected chi connectivity index (χ2v) is 19.0. The van der Waals surface area contributed by atoms with Crippen LogP contribution in [0.5, 0.6) is 0 Å². The van der Waals surface area contributed by atoms with Gasteiger partial charge in [-0.05, 0) is 86.3 Å². The zero-order chi connectivity index (χ0) is 38.1. The van der Waals surface area contributed by atoms with Gasteiger partial charge in [0.15, 0.2) is 0 Å². The van der Waals surface area contributed by atoms with Crippen LogP contribution in [0, 0.1) is 40.4 Å². The van der Waals surface area contributed by atoms with E-state index < -0.39 is 11.0 Å². The monoisotopic (exact) mass is 732 g/mol. The molecular weight excluding hydrogens is 677 g/mol. The Morgan fingerprint density at radius 1 is 0.981 bits per heavy atom. The van der Waals surface area contributed by atoms with Gasteiger partial charge in [-0.3, -0.25) is 9.59 Å². The molecule has 5 heterocycles. The highest BCUT2D eigenvalue weighted by atomic mass is 32.2. The Kier molecular flexibility index (Phi) is 9.41. The lowest BCUT2D eigenvalue weighted by Gasteiger charge is -2.40. The Morgan fingerprint density at radius 3 is 2.36 bits per heavy atom. The molecule has 2 aromatic heterocycles. The molecule has 280 valence electrons. The smallest absolute Gasteiger partial charge is 0.229 e. The van der Waals surface area contributed by atoms with Gasteiger partial charge in [0.25, 0.3) is 0 Å². The molecule has 0 spiro atoms. The first-order valence-electron chi connectivity index (χ1n) is 19.5. The number of likely N-dealkylation sites (tertiary alicyclic amines) is 2. The zero-order valence-electron chi connectivity index (χ0n) is 33.2. The number of nitrogens with zero attached hydrogens (tertiary/aromatic N) is 4. The third-order valence-electron chi connectivity index (χ3n) is 13.2. The Morgan fingerprint density at radius 2 is 1.68 bits per heavy atom. The molecule has 0 bridgehead atoms. The molecule has 2 amide bonds. The van der Waals surface area contributed by atoms with Crippen molar-refractivity contribution >= 4 is 34.6 Å². The number of piperidine rings is 1. The maximum Gasteiger partial charge on any atom is 0.229 e. The molecule has 2 aromatic carbocycles. The number of amides is 2. The Balaban J connectivity index is 1.05. The molecule has 3 aliphatic heterocycles. The fraction of sp³-hybridized carbons (Fsp3) is 0.545. The van der Waals surface area contributed by atoms with Crippen LogP contribution in [0.3, 0.4) is 0 Å². The molecule has 3 aliphatic rings. The summed E-state index contributed by atoms with van der Waals surface area (Å²) in [4.78, 5) is 48.9. The van der Waals surface area contributed by atoms with Crippen LogP contribution in [-0.4, -0.2) is 60.0 Å². The number of aromatic nitrogens is 4. The quantitative estimate of drug-likeness (QED) is 0.139. The standard InChI is InChI=1S/C44H56N6O2S/c1-11-42(9,28(4)5)39(52)49-22-12-21-44(40(49)53-44)37-46-33-20-17-31(23-34(33)47-37)14-13-30-15-18-32(19-16-30)35-25-45-36(48-35)43(10)24-29(6)26-50(43)38(51)41(7,8)27(2)3/h15-20,23,25,27-29,40H,11-12,21-22,24,26H2,1-10H3,(H,45,48)(H,46,47). The summed E-state index contributed by atoms with van der Waals surface area (Å²) in [6.45, 7) is 22.9. The predicted molar refractivity (Wildman–Crippen MR) is 215 cm³/mol. The van der Waals surface area contributed by atoms with Gasteiger partial charge in [-0.1, -0.05) is 86.3 Å². The first kappa shape index (κ1) is 37.3. The van der Waals surface area contributed by atoms with E-state index in [2.05, 4.69) is 119 Å². The lowest BCUT2D eigenvalue weighted by Crippen LogP contribution is -2.50. The number of rotatable bonds is 8. The van der Waals surface area contributed by atoms with Crippen molar-refractivity contribution in [2.24, 2.45) is 28.6 Å². The molecular formula is C44H56N6O2S. The summed E-state index contributed by atoms with van der Waals surface area (Å²) in [5.41, 5.74) is 4.41. The molecule has 8 nitrogen and oxygen atoms in total. The van der Waals surface area contributed by atoms with Crippen molar-refractivity contribution in [3.05, 3.63) is 71.4 Å². The van der Waals surface area contributed by atoms with Crippen molar-refractivity contribution in [3.63, 3.8) is 0 Å². The number of nitrogens with one attached hydrogen (secondary N) is 2. The Hall–Kier alpha value is -4.03. The first-order chi connectivity index (χ1) is 25.0. The topological polar surface area (TPSA) is 98.0 Å². The van der Waals surface area contributed by atoms with Crippen molar-refractivity contribution in [1.82, 2.24) is 29.7 Å². The number of thioether (sulfide) groups is 1. The molecule has 3 saturated heterocycles. The maximum atomic E-state index is 13.8. The van der Waals surface area contributed by atoms with Gasteiger partial charge < -0.3 is 19.8 Å². The van der Waals surface area contributed by atoms with E-state index in [9.17, 15) is 9.59 Å². The van der Waals surface area contributed by atoms with Gasteiger partial charge in [0.1, 0.15) is 21.8 Å². The zero-order valence-corrected chi connectivity index (χ0v) is 34.0. The van der Waals surface area contributed by atoms with Crippen molar-refractivity contribution in [3.8, 4) is 23.1 Å². The van der Waals surface area contributed by atoms with E-state index in [0.29, 0.717) is 5.92 Å². The van der Waals surface area contributed by atoms with Crippen molar-refractivity contribution in [2.45, 2.75) is 111 Å². The average molecular weight is 733 g/mol. The fourth-order valence-electron chi connectivity index (χ4n) is 8.33. The van der Waals surface area contributed by atoms with Crippen LogP contribution >= 0.6 is 11.8 Å². The van der Waals surface area contributed by atoms with Crippen LogP contribution in [-0.2, 0) is 19.9 Å². The number of hydrogen-bond acceptors (Lipinski definition) is 5. The minimum Gasteiger partial charge on any atom is -0.341 e. The number of carbonyl (C=O) groups is 2. The van der Waals surface area contributed by atoms with Crippen LogP contribution < -0.4 is 0 Å². The van der Waals surface area contributed by atoms with Gasteiger partial charge in [-0.2, -0.15) is 0 Å². The normalized spacial score (nSPS) is 25.4. The Bertz CT molecular complexity index is 2100.